The standard InChI is InChI=1S/C16H13N3O4S3/c1-8(13(21)19-15-10(12(17)20)3-5-25-15)23-16(22)11-7-26-14(18-11)9-2-4-24-6-9/h2-8H,1H3,(H2,17,20)(H,19,21)/t8-/m0/s1. The zero-order valence-electron chi connectivity index (χ0n) is 13.4. The van der Waals surface area contributed by atoms with E-state index >= 15 is 0 Å². The molecule has 10 heteroatoms. The summed E-state index contributed by atoms with van der Waals surface area (Å²) in [5, 5.41) is 10.6. The zero-order chi connectivity index (χ0) is 18.7. The summed E-state index contributed by atoms with van der Waals surface area (Å²) in [7, 11) is 0. The van der Waals surface area contributed by atoms with Gasteiger partial charge in [-0.15, -0.1) is 22.7 Å². The largest absolute Gasteiger partial charge is 0.448 e. The lowest BCUT2D eigenvalue weighted by Crippen LogP contribution is -2.30. The first-order valence-corrected chi connectivity index (χ1v) is 10.0. The number of hydrogen-bond acceptors (Lipinski definition) is 8. The van der Waals surface area contributed by atoms with Crippen LogP contribution in [0.2, 0.25) is 0 Å². The third-order valence-corrected chi connectivity index (χ3v) is 5.71. The average Bonchev–Trinajstić information content (AvgIpc) is 3.34. The molecule has 0 aliphatic rings. The Morgan fingerprint density at radius 2 is 2.00 bits per heavy atom. The number of anilines is 1. The van der Waals surface area contributed by atoms with Crippen molar-refractivity contribution in [2.45, 2.75) is 13.0 Å². The molecular weight excluding hydrogens is 394 g/mol. The van der Waals surface area contributed by atoms with E-state index in [9.17, 15) is 14.4 Å². The highest BCUT2D eigenvalue weighted by atomic mass is 32.1. The van der Waals surface area contributed by atoms with Crippen LogP contribution in [0.1, 0.15) is 27.8 Å². The van der Waals surface area contributed by atoms with E-state index in [2.05, 4.69) is 10.3 Å². The molecule has 2 amide bonds. The summed E-state index contributed by atoms with van der Waals surface area (Å²) >= 11 is 4.02. The van der Waals surface area contributed by atoms with E-state index in [4.69, 9.17) is 10.5 Å². The van der Waals surface area contributed by atoms with Crippen LogP contribution in [0.4, 0.5) is 5.00 Å². The molecule has 0 aliphatic carbocycles. The fourth-order valence-corrected chi connectivity index (χ4v) is 4.27. The molecule has 3 aromatic heterocycles. The van der Waals surface area contributed by atoms with Crippen molar-refractivity contribution < 1.29 is 19.1 Å². The van der Waals surface area contributed by atoms with E-state index in [0.29, 0.717) is 10.0 Å². The molecular formula is C16H13N3O4S3. The van der Waals surface area contributed by atoms with Crippen LogP contribution < -0.4 is 11.1 Å². The van der Waals surface area contributed by atoms with Crippen molar-refractivity contribution >= 4 is 56.8 Å². The Hall–Kier alpha value is -2.56. The summed E-state index contributed by atoms with van der Waals surface area (Å²) < 4.78 is 5.16. The number of thiazole rings is 1. The Bertz CT molecular complexity index is 946. The molecule has 3 rings (SSSR count). The van der Waals surface area contributed by atoms with Gasteiger partial charge in [-0.2, -0.15) is 11.3 Å². The minimum Gasteiger partial charge on any atom is -0.448 e. The van der Waals surface area contributed by atoms with Gasteiger partial charge in [0.2, 0.25) is 0 Å². The van der Waals surface area contributed by atoms with Crippen molar-refractivity contribution in [1.82, 2.24) is 4.98 Å². The SMILES string of the molecule is C[C@H](OC(=O)c1csc(-c2ccsc2)n1)C(=O)Nc1sccc1C(N)=O. The smallest absolute Gasteiger partial charge is 0.358 e. The molecule has 3 heterocycles. The zero-order valence-corrected chi connectivity index (χ0v) is 15.9. The number of esters is 1. The third kappa shape index (κ3) is 3.98. The van der Waals surface area contributed by atoms with Crippen LogP contribution >= 0.6 is 34.0 Å². The van der Waals surface area contributed by atoms with Gasteiger partial charge in [-0.25, -0.2) is 9.78 Å². The second-order valence-corrected chi connectivity index (χ2v) is 7.67. The van der Waals surface area contributed by atoms with E-state index in [1.165, 1.54) is 35.7 Å². The predicted octanol–water partition coefficient (Wildman–Crippen LogP) is 3.22. The Balaban J connectivity index is 1.63. The molecule has 1 atom stereocenters. The average molecular weight is 407 g/mol. The third-order valence-electron chi connectivity index (χ3n) is 3.30. The topological polar surface area (TPSA) is 111 Å². The number of primary amides is 1. The molecule has 0 unspecified atom stereocenters. The van der Waals surface area contributed by atoms with Crippen LogP contribution in [0.25, 0.3) is 10.6 Å². The molecule has 0 bridgehead atoms. The maximum atomic E-state index is 12.2. The number of nitrogens with two attached hydrogens (primary N) is 1. The highest BCUT2D eigenvalue weighted by Crippen LogP contribution is 2.26. The van der Waals surface area contributed by atoms with Crippen molar-refractivity contribution in [3.05, 3.63) is 44.9 Å². The minimum absolute atomic E-state index is 0.143. The number of nitrogens with one attached hydrogen (secondary N) is 1. The van der Waals surface area contributed by atoms with Gasteiger partial charge in [-0.3, -0.25) is 9.59 Å². The van der Waals surface area contributed by atoms with E-state index < -0.39 is 23.9 Å². The Morgan fingerprint density at radius 1 is 1.19 bits per heavy atom. The number of carbonyl (C=O) groups is 3. The van der Waals surface area contributed by atoms with Gasteiger partial charge in [0.1, 0.15) is 10.0 Å². The fourth-order valence-electron chi connectivity index (χ4n) is 1.97. The van der Waals surface area contributed by atoms with Gasteiger partial charge in [0.15, 0.2) is 11.8 Å². The number of aromatic nitrogens is 1. The fraction of sp³-hybridized carbons (Fsp3) is 0.125. The molecule has 0 spiro atoms. The van der Waals surface area contributed by atoms with Crippen LogP contribution in [0, 0.1) is 0 Å². The quantitative estimate of drug-likeness (QED) is 0.610. The molecule has 3 aromatic rings. The van der Waals surface area contributed by atoms with Crippen molar-refractivity contribution in [1.29, 1.82) is 0 Å². The van der Waals surface area contributed by atoms with Gasteiger partial charge in [-0.05, 0) is 29.8 Å². The second kappa shape index (κ2) is 7.77. The van der Waals surface area contributed by atoms with Crippen LogP contribution in [0.5, 0.6) is 0 Å². The number of ether oxygens (including phenoxy) is 1. The van der Waals surface area contributed by atoms with Crippen molar-refractivity contribution in [3.63, 3.8) is 0 Å². The summed E-state index contributed by atoms with van der Waals surface area (Å²) in [5.41, 5.74) is 6.52. The Morgan fingerprint density at radius 3 is 2.69 bits per heavy atom. The summed E-state index contributed by atoms with van der Waals surface area (Å²) in [5.74, 6) is -1.89. The number of amides is 2. The van der Waals surface area contributed by atoms with Gasteiger partial charge in [0.25, 0.3) is 11.8 Å². The molecule has 7 nitrogen and oxygen atoms in total. The maximum Gasteiger partial charge on any atom is 0.358 e. The van der Waals surface area contributed by atoms with E-state index in [-0.39, 0.29) is 11.3 Å². The highest BCUT2D eigenvalue weighted by Gasteiger charge is 2.23. The summed E-state index contributed by atoms with van der Waals surface area (Å²) in [4.78, 5) is 39.9. The molecule has 0 saturated carbocycles. The molecule has 134 valence electrons. The van der Waals surface area contributed by atoms with E-state index in [1.54, 1.807) is 10.8 Å². The first kappa shape index (κ1) is 18.2. The lowest BCUT2D eigenvalue weighted by Gasteiger charge is -2.12. The highest BCUT2D eigenvalue weighted by molar-refractivity contribution is 7.15. The second-order valence-electron chi connectivity index (χ2n) is 5.11. The lowest BCUT2D eigenvalue weighted by molar-refractivity contribution is -0.123. The molecule has 0 saturated heterocycles. The monoisotopic (exact) mass is 407 g/mol. The minimum atomic E-state index is -1.06. The number of nitrogens with zero attached hydrogens (tertiary/aromatic N) is 1. The lowest BCUT2D eigenvalue weighted by atomic mass is 10.3. The first-order valence-electron chi connectivity index (χ1n) is 7.33. The molecule has 0 aromatic carbocycles. The first-order chi connectivity index (χ1) is 12.5. The Labute approximate surface area is 160 Å². The Kier molecular flexibility index (Phi) is 5.45. The van der Waals surface area contributed by atoms with Crippen LogP contribution in [-0.2, 0) is 9.53 Å². The van der Waals surface area contributed by atoms with Gasteiger partial charge in [0.05, 0.1) is 5.56 Å². The summed E-state index contributed by atoms with van der Waals surface area (Å²) in [6, 6.07) is 3.42. The van der Waals surface area contributed by atoms with Crippen LogP contribution in [0.3, 0.4) is 0 Å². The van der Waals surface area contributed by atoms with Gasteiger partial charge in [-0.1, -0.05) is 0 Å². The number of carbonyl (C=O) groups excluding carboxylic acids is 3. The molecule has 3 N–H and O–H groups in total. The number of hydrogen-bond donors (Lipinski definition) is 2. The maximum absolute atomic E-state index is 12.2. The van der Waals surface area contributed by atoms with Gasteiger partial charge >= 0.3 is 5.97 Å². The number of thiophene rings is 2. The molecule has 0 aliphatic heterocycles. The van der Waals surface area contributed by atoms with Gasteiger partial charge < -0.3 is 15.8 Å². The molecule has 0 fully saturated rings. The normalized spacial score (nSPS) is 11.7. The van der Waals surface area contributed by atoms with E-state index in [1.807, 2.05) is 16.8 Å². The van der Waals surface area contributed by atoms with Crippen molar-refractivity contribution in [2.24, 2.45) is 5.73 Å². The summed E-state index contributed by atoms with van der Waals surface area (Å²) in [6.07, 6.45) is -1.06. The molecule has 26 heavy (non-hydrogen) atoms. The van der Waals surface area contributed by atoms with E-state index in [0.717, 1.165) is 16.9 Å². The van der Waals surface area contributed by atoms with Crippen LogP contribution in [-0.4, -0.2) is 28.9 Å². The van der Waals surface area contributed by atoms with Crippen molar-refractivity contribution in [3.8, 4) is 10.6 Å². The summed E-state index contributed by atoms with van der Waals surface area (Å²) in [6.45, 7) is 1.44. The predicted molar refractivity (Wildman–Crippen MR) is 102 cm³/mol. The van der Waals surface area contributed by atoms with Crippen molar-refractivity contribution in [2.75, 3.05) is 5.32 Å². The van der Waals surface area contributed by atoms with Gasteiger partial charge in [0, 0.05) is 16.3 Å². The number of rotatable bonds is 6. The van der Waals surface area contributed by atoms with Crippen LogP contribution in [0.15, 0.2) is 33.7 Å². The molecule has 0 radical (unpaired) electrons.